The summed E-state index contributed by atoms with van der Waals surface area (Å²) in [7, 11) is 0. The lowest BCUT2D eigenvalue weighted by Gasteiger charge is -2.34. The van der Waals surface area contributed by atoms with E-state index >= 15 is 0 Å². The number of hydrogen-bond donors (Lipinski definition) is 1. The van der Waals surface area contributed by atoms with Gasteiger partial charge >= 0.3 is 0 Å². The molecule has 0 spiro atoms. The van der Waals surface area contributed by atoms with Gasteiger partial charge in [0.2, 0.25) is 11.8 Å². The van der Waals surface area contributed by atoms with Crippen molar-refractivity contribution in [2.45, 2.75) is 26.3 Å². The maximum absolute atomic E-state index is 13.6. The number of benzene rings is 1. The molecule has 0 aromatic heterocycles. The molecule has 0 atom stereocenters. The van der Waals surface area contributed by atoms with Crippen LogP contribution in [0.3, 0.4) is 0 Å². The van der Waals surface area contributed by atoms with Crippen LogP contribution in [0, 0.1) is 5.82 Å². The Morgan fingerprint density at radius 2 is 1.83 bits per heavy atom. The molecule has 0 bridgehead atoms. The van der Waals surface area contributed by atoms with Gasteiger partial charge in [0, 0.05) is 32.2 Å². The van der Waals surface area contributed by atoms with Crippen LogP contribution >= 0.6 is 0 Å². The second-order valence-electron chi connectivity index (χ2n) is 6.15. The van der Waals surface area contributed by atoms with E-state index in [4.69, 9.17) is 0 Å². The molecule has 0 radical (unpaired) electrons. The zero-order chi connectivity index (χ0) is 16.8. The smallest absolute Gasteiger partial charge is 0.234 e. The maximum atomic E-state index is 13.6. The second-order valence-corrected chi connectivity index (χ2v) is 6.15. The SMILES string of the molecule is CC(C)NC(=O)CN1CCN(C(=O)Cc2ccccc2F)CC1. The van der Waals surface area contributed by atoms with Crippen molar-refractivity contribution in [3.8, 4) is 0 Å². The average molecular weight is 321 g/mol. The van der Waals surface area contributed by atoms with Crippen molar-refractivity contribution in [2.75, 3.05) is 32.7 Å². The van der Waals surface area contributed by atoms with Crippen molar-refractivity contribution in [3.05, 3.63) is 35.6 Å². The van der Waals surface area contributed by atoms with E-state index in [1.807, 2.05) is 18.7 Å². The van der Waals surface area contributed by atoms with Gasteiger partial charge in [0.15, 0.2) is 0 Å². The van der Waals surface area contributed by atoms with E-state index in [9.17, 15) is 14.0 Å². The Morgan fingerprint density at radius 3 is 2.43 bits per heavy atom. The van der Waals surface area contributed by atoms with E-state index in [2.05, 4.69) is 5.32 Å². The van der Waals surface area contributed by atoms with Gasteiger partial charge in [-0.05, 0) is 25.5 Å². The molecule has 1 aromatic rings. The number of carbonyl (C=O) groups is 2. The number of piperazine rings is 1. The number of nitrogens with zero attached hydrogens (tertiary/aromatic N) is 2. The van der Waals surface area contributed by atoms with Gasteiger partial charge in [0.25, 0.3) is 0 Å². The standard InChI is InChI=1S/C17H24FN3O2/c1-13(2)19-16(22)12-20-7-9-21(10-8-20)17(23)11-14-5-3-4-6-15(14)18/h3-6,13H,7-12H2,1-2H3,(H,19,22). The summed E-state index contributed by atoms with van der Waals surface area (Å²) in [4.78, 5) is 27.8. The quantitative estimate of drug-likeness (QED) is 0.881. The van der Waals surface area contributed by atoms with Gasteiger partial charge in [-0.2, -0.15) is 0 Å². The van der Waals surface area contributed by atoms with Crippen LogP contribution in [-0.2, 0) is 16.0 Å². The fourth-order valence-electron chi connectivity index (χ4n) is 2.64. The van der Waals surface area contributed by atoms with E-state index < -0.39 is 0 Å². The highest BCUT2D eigenvalue weighted by Gasteiger charge is 2.23. The highest BCUT2D eigenvalue weighted by atomic mass is 19.1. The van der Waals surface area contributed by atoms with Crippen LogP contribution in [0.25, 0.3) is 0 Å². The normalized spacial score (nSPS) is 15.7. The Labute approximate surface area is 136 Å². The number of amides is 2. The van der Waals surface area contributed by atoms with E-state index in [0.717, 1.165) is 0 Å². The minimum Gasteiger partial charge on any atom is -0.353 e. The van der Waals surface area contributed by atoms with E-state index in [1.54, 1.807) is 23.1 Å². The van der Waals surface area contributed by atoms with Crippen LogP contribution in [0.4, 0.5) is 4.39 Å². The molecule has 1 aliphatic rings. The van der Waals surface area contributed by atoms with Gasteiger partial charge in [-0.15, -0.1) is 0 Å². The number of carbonyl (C=O) groups excluding carboxylic acids is 2. The summed E-state index contributed by atoms with van der Waals surface area (Å²) < 4.78 is 13.6. The van der Waals surface area contributed by atoms with Gasteiger partial charge < -0.3 is 10.2 Å². The summed E-state index contributed by atoms with van der Waals surface area (Å²) in [6.45, 7) is 6.68. The van der Waals surface area contributed by atoms with E-state index in [0.29, 0.717) is 38.3 Å². The molecule has 2 rings (SSSR count). The van der Waals surface area contributed by atoms with E-state index in [-0.39, 0.29) is 30.1 Å². The first-order valence-electron chi connectivity index (χ1n) is 7.98. The summed E-state index contributed by atoms with van der Waals surface area (Å²) in [5, 5.41) is 2.86. The number of halogens is 1. The number of hydrogen-bond acceptors (Lipinski definition) is 3. The molecular weight excluding hydrogens is 297 g/mol. The molecule has 0 saturated carbocycles. The third-order valence-corrected chi connectivity index (χ3v) is 3.84. The summed E-state index contributed by atoms with van der Waals surface area (Å²) in [6, 6.07) is 6.49. The molecule has 1 aliphatic heterocycles. The van der Waals surface area contributed by atoms with Gasteiger partial charge in [-0.3, -0.25) is 14.5 Å². The predicted molar refractivity (Wildman–Crippen MR) is 86.4 cm³/mol. The molecule has 1 heterocycles. The Hall–Kier alpha value is -1.95. The van der Waals surface area contributed by atoms with Crippen molar-refractivity contribution >= 4 is 11.8 Å². The molecule has 0 aliphatic carbocycles. The molecule has 1 fully saturated rings. The summed E-state index contributed by atoms with van der Waals surface area (Å²) in [6.07, 6.45) is 0.0838. The zero-order valence-corrected chi connectivity index (χ0v) is 13.7. The lowest BCUT2D eigenvalue weighted by atomic mass is 10.1. The summed E-state index contributed by atoms with van der Waals surface area (Å²) in [5.41, 5.74) is 0.427. The highest BCUT2D eigenvalue weighted by molar-refractivity contribution is 5.79. The largest absolute Gasteiger partial charge is 0.353 e. The lowest BCUT2D eigenvalue weighted by Crippen LogP contribution is -2.51. The van der Waals surface area contributed by atoms with Gasteiger partial charge in [0.05, 0.1) is 13.0 Å². The zero-order valence-electron chi connectivity index (χ0n) is 13.7. The molecule has 1 N–H and O–H groups in total. The summed E-state index contributed by atoms with van der Waals surface area (Å²) in [5.74, 6) is -0.405. The molecule has 6 heteroatoms. The Kier molecular flexibility index (Phi) is 6.10. The van der Waals surface area contributed by atoms with Gasteiger partial charge in [-0.25, -0.2) is 4.39 Å². The minimum atomic E-state index is -0.343. The first-order chi connectivity index (χ1) is 11.0. The van der Waals surface area contributed by atoms with Crippen LogP contribution < -0.4 is 5.32 Å². The summed E-state index contributed by atoms with van der Waals surface area (Å²) >= 11 is 0. The van der Waals surface area contributed by atoms with E-state index in [1.165, 1.54) is 6.07 Å². The monoisotopic (exact) mass is 321 g/mol. The molecular formula is C17H24FN3O2. The van der Waals surface area contributed by atoms with Crippen LogP contribution in [0.5, 0.6) is 0 Å². The van der Waals surface area contributed by atoms with Crippen molar-refractivity contribution in [1.29, 1.82) is 0 Å². The van der Waals surface area contributed by atoms with Crippen LogP contribution in [-0.4, -0.2) is 60.4 Å². The number of nitrogens with one attached hydrogen (secondary N) is 1. The molecule has 5 nitrogen and oxygen atoms in total. The molecule has 23 heavy (non-hydrogen) atoms. The third-order valence-electron chi connectivity index (χ3n) is 3.84. The average Bonchev–Trinajstić information content (AvgIpc) is 2.49. The molecule has 2 amide bonds. The van der Waals surface area contributed by atoms with Crippen molar-refractivity contribution < 1.29 is 14.0 Å². The minimum absolute atomic E-state index is 0.00568. The van der Waals surface area contributed by atoms with Gasteiger partial charge in [-0.1, -0.05) is 18.2 Å². The topological polar surface area (TPSA) is 52.7 Å². The molecule has 1 aromatic carbocycles. The Balaban J connectivity index is 1.79. The lowest BCUT2D eigenvalue weighted by molar-refractivity contribution is -0.132. The van der Waals surface area contributed by atoms with Crippen LogP contribution in [0.1, 0.15) is 19.4 Å². The fraction of sp³-hybridized carbons (Fsp3) is 0.529. The predicted octanol–water partition coefficient (Wildman–Crippen LogP) is 1.04. The van der Waals surface area contributed by atoms with Crippen molar-refractivity contribution in [2.24, 2.45) is 0 Å². The van der Waals surface area contributed by atoms with Gasteiger partial charge in [0.1, 0.15) is 5.82 Å². The molecule has 126 valence electrons. The molecule has 1 saturated heterocycles. The maximum Gasteiger partial charge on any atom is 0.234 e. The second kappa shape index (κ2) is 8.06. The Morgan fingerprint density at radius 1 is 1.17 bits per heavy atom. The van der Waals surface area contributed by atoms with Crippen molar-refractivity contribution in [3.63, 3.8) is 0 Å². The fourth-order valence-corrected chi connectivity index (χ4v) is 2.64. The number of rotatable bonds is 5. The van der Waals surface area contributed by atoms with Crippen LogP contribution in [0.2, 0.25) is 0 Å². The third kappa shape index (κ3) is 5.32. The first-order valence-corrected chi connectivity index (χ1v) is 7.98. The van der Waals surface area contributed by atoms with Crippen LogP contribution in [0.15, 0.2) is 24.3 Å². The molecule has 0 unspecified atom stereocenters. The Bertz CT molecular complexity index is 555. The van der Waals surface area contributed by atoms with Crippen molar-refractivity contribution in [1.82, 2.24) is 15.1 Å². The highest BCUT2D eigenvalue weighted by Crippen LogP contribution is 2.10. The first kappa shape index (κ1) is 17.4.